The smallest absolute Gasteiger partial charge is 0.306 e. The van der Waals surface area contributed by atoms with Crippen LogP contribution in [0.5, 0.6) is 0 Å². The highest BCUT2D eigenvalue weighted by Crippen LogP contribution is 2.15. The molecular weight excluding hydrogens is 296 g/mol. The van der Waals surface area contributed by atoms with Crippen LogP contribution in [0.4, 0.5) is 0 Å². The Labute approximate surface area is 135 Å². The van der Waals surface area contributed by atoms with Crippen LogP contribution in [-0.4, -0.2) is 29.4 Å². The van der Waals surface area contributed by atoms with Gasteiger partial charge in [-0.15, -0.1) is 0 Å². The van der Waals surface area contributed by atoms with Crippen molar-refractivity contribution in [1.29, 1.82) is 0 Å². The number of ether oxygens (including phenoxy) is 1. The highest BCUT2D eigenvalue weighted by Gasteiger charge is 2.36. The Hall–Kier alpha value is -2.37. The van der Waals surface area contributed by atoms with Crippen molar-refractivity contribution in [3.05, 3.63) is 35.4 Å². The minimum Gasteiger partial charge on any atom is -0.452 e. The zero-order valence-electron chi connectivity index (χ0n) is 13.6. The van der Waals surface area contributed by atoms with Crippen molar-refractivity contribution in [3.63, 3.8) is 0 Å². The molecule has 2 amide bonds. The van der Waals surface area contributed by atoms with E-state index in [0.717, 1.165) is 11.1 Å². The molecule has 1 aliphatic rings. The SMILES string of the molecule is Cc1ccccc1CNC(=O)C(C)(C)NC(=O)C1CCC(=O)O1. The Kier molecular flexibility index (Phi) is 5.03. The van der Waals surface area contributed by atoms with E-state index in [1.807, 2.05) is 31.2 Å². The second kappa shape index (κ2) is 6.81. The second-order valence-electron chi connectivity index (χ2n) is 6.24. The van der Waals surface area contributed by atoms with Crippen molar-refractivity contribution in [2.75, 3.05) is 0 Å². The Morgan fingerprint density at radius 2 is 2.00 bits per heavy atom. The van der Waals surface area contributed by atoms with Gasteiger partial charge in [-0.3, -0.25) is 14.4 Å². The number of amides is 2. The van der Waals surface area contributed by atoms with Gasteiger partial charge in [-0.05, 0) is 31.9 Å². The van der Waals surface area contributed by atoms with E-state index in [2.05, 4.69) is 10.6 Å². The molecular formula is C17H22N2O4. The molecule has 1 aliphatic heterocycles. The van der Waals surface area contributed by atoms with Crippen LogP contribution in [0, 0.1) is 6.92 Å². The Morgan fingerprint density at radius 1 is 1.30 bits per heavy atom. The number of esters is 1. The highest BCUT2D eigenvalue weighted by molar-refractivity contribution is 5.93. The van der Waals surface area contributed by atoms with Gasteiger partial charge in [0, 0.05) is 19.4 Å². The third-order valence-corrected chi connectivity index (χ3v) is 3.88. The van der Waals surface area contributed by atoms with Gasteiger partial charge >= 0.3 is 5.97 Å². The molecule has 1 heterocycles. The van der Waals surface area contributed by atoms with Gasteiger partial charge in [0.2, 0.25) is 5.91 Å². The summed E-state index contributed by atoms with van der Waals surface area (Å²) in [6, 6.07) is 7.77. The summed E-state index contributed by atoms with van der Waals surface area (Å²) < 4.78 is 4.91. The lowest BCUT2D eigenvalue weighted by molar-refractivity contribution is -0.149. The van der Waals surface area contributed by atoms with Gasteiger partial charge in [0.05, 0.1) is 0 Å². The minimum atomic E-state index is -1.09. The largest absolute Gasteiger partial charge is 0.452 e. The molecule has 0 aliphatic carbocycles. The van der Waals surface area contributed by atoms with Gasteiger partial charge in [0.25, 0.3) is 5.91 Å². The van der Waals surface area contributed by atoms with Gasteiger partial charge in [0.1, 0.15) is 5.54 Å². The van der Waals surface area contributed by atoms with Crippen molar-refractivity contribution in [2.24, 2.45) is 0 Å². The average Bonchev–Trinajstić information content (AvgIpc) is 2.92. The van der Waals surface area contributed by atoms with Crippen LogP contribution in [0.25, 0.3) is 0 Å². The molecule has 0 radical (unpaired) electrons. The number of hydrogen-bond acceptors (Lipinski definition) is 4. The monoisotopic (exact) mass is 318 g/mol. The number of aryl methyl sites for hydroxylation is 1. The van der Waals surface area contributed by atoms with Crippen molar-refractivity contribution < 1.29 is 19.1 Å². The van der Waals surface area contributed by atoms with E-state index >= 15 is 0 Å². The standard InChI is InChI=1S/C17H22N2O4/c1-11-6-4-5-7-12(11)10-18-16(22)17(2,3)19-15(21)13-8-9-14(20)23-13/h4-7,13H,8-10H2,1-3H3,(H,18,22)(H,19,21). The molecule has 1 unspecified atom stereocenters. The summed E-state index contributed by atoms with van der Waals surface area (Å²) in [5.41, 5.74) is 1.02. The van der Waals surface area contributed by atoms with Gasteiger partial charge in [-0.2, -0.15) is 0 Å². The number of hydrogen-bond donors (Lipinski definition) is 2. The molecule has 0 bridgehead atoms. The lowest BCUT2D eigenvalue weighted by atomic mass is 10.0. The van der Waals surface area contributed by atoms with Crippen LogP contribution in [-0.2, 0) is 25.7 Å². The van der Waals surface area contributed by atoms with Crippen LogP contribution in [0.2, 0.25) is 0 Å². The molecule has 1 saturated heterocycles. The fourth-order valence-electron chi connectivity index (χ4n) is 2.36. The summed E-state index contributed by atoms with van der Waals surface area (Å²) in [6.45, 7) is 5.61. The first kappa shape index (κ1) is 17.0. The van der Waals surface area contributed by atoms with Crippen molar-refractivity contribution in [1.82, 2.24) is 10.6 Å². The molecule has 2 rings (SSSR count). The summed E-state index contributed by atoms with van der Waals surface area (Å²) in [4.78, 5) is 35.5. The number of nitrogens with one attached hydrogen (secondary N) is 2. The summed E-state index contributed by atoms with van der Waals surface area (Å²) in [5.74, 6) is -1.11. The first-order chi connectivity index (χ1) is 10.8. The van der Waals surface area contributed by atoms with E-state index in [0.29, 0.717) is 13.0 Å². The quantitative estimate of drug-likeness (QED) is 0.799. The third kappa shape index (κ3) is 4.31. The average molecular weight is 318 g/mol. The number of carbonyl (C=O) groups is 3. The maximum Gasteiger partial charge on any atom is 0.306 e. The van der Waals surface area contributed by atoms with E-state index in [-0.39, 0.29) is 18.3 Å². The number of rotatable bonds is 5. The van der Waals surface area contributed by atoms with E-state index in [1.54, 1.807) is 13.8 Å². The topological polar surface area (TPSA) is 84.5 Å². The molecule has 124 valence electrons. The van der Waals surface area contributed by atoms with E-state index < -0.39 is 17.6 Å². The maximum absolute atomic E-state index is 12.3. The van der Waals surface area contributed by atoms with Gasteiger partial charge in [-0.1, -0.05) is 24.3 Å². The van der Waals surface area contributed by atoms with Crippen LogP contribution < -0.4 is 10.6 Å². The molecule has 6 heteroatoms. The van der Waals surface area contributed by atoms with Gasteiger partial charge in [-0.25, -0.2) is 0 Å². The third-order valence-electron chi connectivity index (χ3n) is 3.88. The van der Waals surface area contributed by atoms with Crippen molar-refractivity contribution in [2.45, 2.75) is 51.8 Å². The molecule has 1 fully saturated rings. The zero-order valence-corrected chi connectivity index (χ0v) is 13.6. The molecule has 6 nitrogen and oxygen atoms in total. The van der Waals surface area contributed by atoms with Crippen LogP contribution in [0.3, 0.4) is 0 Å². The molecule has 0 saturated carbocycles. The second-order valence-corrected chi connectivity index (χ2v) is 6.24. The van der Waals surface area contributed by atoms with Crippen molar-refractivity contribution >= 4 is 17.8 Å². The first-order valence-corrected chi connectivity index (χ1v) is 7.64. The molecule has 23 heavy (non-hydrogen) atoms. The van der Waals surface area contributed by atoms with E-state index in [4.69, 9.17) is 4.74 Å². The Morgan fingerprint density at radius 3 is 2.61 bits per heavy atom. The number of benzene rings is 1. The predicted octanol–water partition coefficient (Wildman–Crippen LogP) is 1.21. The minimum absolute atomic E-state index is 0.234. The fourth-order valence-corrected chi connectivity index (χ4v) is 2.36. The normalized spacial score (nSPS) is 17.5. The van der Waals surface area contributed by atoms with Gasteiger partial charge in [0.15, 0.2) is 6.10 Å². The molecule has 0 aromatic heterocycles. The summed E-state index contributed by atoms with van der Waals surface area (Å²) >= 11 is 0. The molecule has 1 atom stereocenters. The molecule has 1 aromatic rings. The first-order valence-electron chi connectivity index (χ1n) is 7.64. The molecule has 1 aromatic carbocycles. The van der Waals surface area contributed by atoms with Crippen LogP contribution in [0.1, 0.15) is 37.8 Å². The predicted molar refractivity (Wildman–Crippen MR) is 84.4 cm³/mol. The van der Waals surface area contributed by atoms with Crippen molar-refractivity contribution in [3.8, 4) is 0 Å². The molecule has 0 spiro atoms. The summed E-state index contributed by atoms with van der Waals surface area (Å²) in [6.07, 6.45) is -0.213. The van der Waals surface area contributed by atoms with Crippen LogP contribution in [0.15, 0.2) is 24.3 Å². The Balaban J connectivity index is 1.90. The molecule has 2 N–H and O–H groups in total. The van der Waals surface area contributed by atoms with Crippen LogP contribution >= 0.6 is 0 Å². The summed E-state index contributed by atoms with van der Waals surface area (Å²) in [7, 11) is 0. The summed E-state index contributed by atoms with van der Waals surface area (Å²) in [5, 5.41) is 5.46. The number of carbonyl (C=O) groups excluding carboxylic acids is 3. The zero-order chi connectivity index (χ0) is 17.0. The lowest BCUT2D eigenvalue weighted by Gasteiger charge is -2.26. The lowest BCUT2D eigenvalue weighted by Crippen LogP contribution is -2.56. The van der Waals surface area contributed by atoms with E-state index in [9.17, 15) is 14.4 Å². The highest BCUT2D eigenvalue weighted by atomic mass is 16.6. The van der Waals surface area contributed by atoms with Gasteiger partial charge < -0.3 is 15.4 Å². The van der Waals surface area contributed by atoms with E-state index in [1.165, 1.54) is 0 Å². The fraction of sp³-hybridized carbons (Fsp3) is 0.471. The maximum atomic E-state index is 12.3. The Bertz CT molecular complexity index is 625. The number of cyclic esters (lactones) is 1.